The number of nitrogens with one attached hydrogen (secondary N) is 2. The average molecular weight is 388 g/mol. The van der Waals surface area contributed by atoms with E-state index < -0.39 is 0 Å². The van der Waals surface area contributed by atoms with Crippen molar-refractivity contribution in [3.05, 3.63) is 39.8 Å². The van der Waals surface area contributed by atoms with E-state index in [2.05, 4.69) is 51.5 Å². The van der Waals surface area contributed by atoms with E-state index >= 15 is 0 Å². The molecule has 2 N–H and O–H groups in total. The van der Waals surface area contributed by atoms with Crippen LogP contribution in [0.3, 0.4) is 0 Å². The molecule has 1 fully saturated rings. The maximum absolute atomic E-state index is 5.50. The van der Waals surface area contributed by atoms with Crippen molar-refractivity contribution in [3.8, 4) is 5.75 Å². The first-order valence-corrected chi connectivity index (χ1v) is 10.2. The van der Waals surface area contributed by atoms with Crippen LogP contribution in [0.5, 0.6) is 5.75 Å². The standard InChI is InChI=1S/C20H29N5OS/c1-14-19(27-15(2)23-14)9-11-22-20(21-3)24-16-10-12-25(13-16)17-7-5-6-8-18(17)26-4/h5-8,16H,9-13H2,1-4H3,(H2,21,22,24). The predicted molar refractivity (Wildman–Crippen MR) is 113 cm³/mol. The fraction of sp³-hybridized carbons (Fsp3) is 0.500. The number of ether oxygens (including phenoxy) is 1. The molecule has 7 heteroatoms. The van der Waals surface area contributed by atoms with Crippen LogP contribution < -0.4 is 20.3 Å². The Balaban J connectivity index is 1.50. The molecule has 1 saturated heterocycles. The molecule has 1 atom stereocenters. The first-order chi connectivity index (χ1) is 13.1. The molecule has 1 aliphatic rings. The molecule has 0 saturated carbocycles. The van der Waals surface area contributed by atoms with Crippen LogP contribution in [0.25, 0.3) is 0 Å². The Morgan fingerprint density at radius 2 is 2.19 bits per heavy atom. The molecule has 0 bridgehead atoms. The average Bonchev–Trinajstić information content (AvgIpc) is 3.26. The molecule has 6 nitrogen and oxygen atoms in total. The van der Waals surface area contributed by atoms with Crippen LogP contribution in [0.2, 0.25) is 0 Å². The van der Waals surface area contributed by atoms with Crippen molar-refractivity contribution < 1.29 is 4.74 Å². The summed E-state index contributed by atoms with van der Waals surface area (Å²) in [5.74, 6) is 1.79. The molecule has 146 valence electrons. The van der Waals surface area contributed by atoms with Crippen molar-refractivity contribution in [3.63, 3.8) is 0 Å². The fourth-order valence-electron chi connectivity index (χ4n) is 3.48. The molecule has 2 aromatic rings. The minimum Gasteiger partial charge on any atom is -0.495 e. The molecule has 0 amide bonds. The zero-order valence-electron chi connectivity index (χ0n) is 16.6. The van der Waals surface area contributed by atoms with Crippen LogP contribution in [-0.2, 0) is 6.42 Å². The van der Waals surface area contributed by atoms with E-state index in [0.29, 0.717) is 6.04 Å². The predicted octanol–water partition coefficient (Wildman–Crippen LogP) is 2.75. The summed E-state index contributed by atoms with van der Waals surface area (Å²) in [6.45, 7) is 6.94. The highest BCUT2D eigenvalue weighted by atomic mass is 32.1. The molecule has 2 heterocycles. The minimum absolute atomic E-state index is 0.369. The van der Waals surface area contributed by atoms with Gasteiger partial charge in [0.25, 0.3) is 0 Å². The first-order valence-electron chi connectivity index (χ1n) is 9.38. The number of guanidine groups is 1. The number of hydrogen-bond donors (Lipinski definition) is 2. The zero-order valence-corrected chi connectivity index (χ0v) is 17.4. The number of nitrogens with zero attached hydrogens (tertiary/aromatic N) is 3. The molecule has 0 spiro atoms. The summed E-state index contributed by atoms with van der Waals surface area (Å²) in [5.41, 5.74) is 2.30. The zero-order chi connectivity index (χ0) is 19.2. The quantitative estimate of drug-likeness (QED) is 0.590. The Bertz CT molecular complexity index is 788. The summed E-state index contributed by atoms with van der Waals surface area (Å²) >= 11 is 1.78. The highest BCUT2D eigenvalue weighted by Crippen LogP contribution is 2.30. The summed E-state index contributed by atoms with van der Waals surface area (Å²) in [7, 11) is 3.55. The molecule has 1 aromatic carbocycles. The molecule has 1 aromatic heterocycles. The van der Waals surface area contributed by atoms with Crippen LogP contribution in [0.15, 0.2) is 29.3 Å². The Morgan fingerprint density at radius 1 is 1.37 bits per heavy atom. The summed E-state index contributed by atoms with van der Waals surface area (Å²) < 4.78 is 5.50. The number of aromatic nitrogens is 1. The van der Waals surface area contributed by atoms with E-state index in [4.69, 9.17) is 4.74 Å². The van der Waals surface area contributed by atoms with Crippen LogP contribution in [0.1, 0.15) is 22.0 Å². The number of para-hydroxylation sites is 2. The third-order valence-electron chi connectivity index (χ3n) is 4.82. The van der Waals surface area contributed by atoms with Crippen molar-refractivity contribution in [2.45, 2.75) is 32.7 Å². The van der Waals surface area contributed by atoms with Gasteiger partial charge in [-0.1, -0.05) is 12.1 Å². The topological polar surface area (TPSA) is 61.8 Å². The minimum atomic E-state index is 0.369. The van der Waals surface area contributed by atoms with E-state index in [1.165, 1.54) is 4.88 Å². The monoisotopic (exact) mass is 387 g/mol. The number of anilines is 1. The number of benzene rings is 1. The van der Waals surface area contributed by atoms with Crippen molar-refractivity contribution in [2.75, 3.05) is 38.7 Å². The maximum Gasteiger partial charge on any atom is 0.191 e. The molecule has 3 rings (SSSR count). The lowest BCUT2D eigenvalue weighted by molar-refractivity contribution is 0.415. The molecule has 0 aliphatic carbocycles. The van der Waals surface area contributed by atoms with Crippen molar-refractivity contribution in [1.82, 2.24) is 15.6 Å². The summed E-state index contributed by atoms with van der Waals surface area (Å²) in [4.78, 5) is 12.6. The van der Waals surface area contributed by atoms with Gasteiger partial charge in [0.05, 0.1) is 23.5 Å². The second-order valence-electron chi connectivity index (χ2n) is 6.74. The maximum atomic E-state index is 5.50. The van der Waals surface area contributed by atoms with Crippen molar-refractivity contribution in [1.29, 1.82) is 0 Å². The van der Waals surface area contributed by atoms with Gasteiger partial charge < -0.3 is 20.3 Å². The number of aliphatic imine (C=N–C) groups is 1. The van der Waals surface area contributed by atoms with Gasteiger partial charge in [-0.15, -0.1) is 11.3 Å². The number of methoxy groups -OCH3 is 1. The number of hydrogen-bond acceptors (Lipinski definition) is 5. The van der Waals surface area contributed by atoms with Gasteiger partial charge in [-0.3, -0.25) is 4.99 Å². The number of aryl methyl sites for hydroxylation is 2. The highest BCUT2D eigenvalue weighted by Gasteiger charge is 2.25. The van der Waals surface area contributed by atoms with Gasteiger partial charge in [-0.05, 0) is 32.4 Å². The Labute approximate surface area is 165 Å². The lowest BCUT2D eigenvalue weighted by atomic mass is 10.2. The first kappa shape index (κ1) is 19.5. The third-order valence-corrected chi connectivity index (χ3v) is 5.96. The largest absolute Gasteiger partial charge is 0.495 e. The summed E-state index contributed by atoms with van der Waals surface area (Å²) in [6.07, 6.45) is 2.04. The van der Waals surface area contributed by atoms with Gasteiger partial charge in [0, 0.05) is 44.0 Å². The van der Waals surface area contributed by atoms with Gasteiger partial charge in [-0.2, -0.15) is 0 Å². The lowest BCUT2D eigenvalue weighted by Gasteiger charge is -2.22. The molecular weight excluding hydrogens is 358 g/mol. The van der Waals surface area contributed by atoms with Crippen LogP contribution in [0.4, 0.5) is 5.69 Å². The summed E-state index contributed by atoms with van der Waals surface area (Å²) in [5, 5.41) is 8.12. The SMILES string of the molecule is CN=C(NCCc1sc(C)nc1C)NC1CCN(c2ccccc2OC)C1. The fourth-order valence-corrected chi connectivity index (χ4v) is 4.41. The molecule has 27 heavy (non-hydrogen) atoms. The Morgan fingerprint density at radius 3 is 2.89 bits per heavy atom. The van der Waals surface area contributed by atoms with Gasteiger partial charge >= 0.3 is 0 Å². The van der Waals surface area contributed by atoms with Crippen LogP contribution >= 0.6 is 11.3 Å². The molecule has 1 unspecified atom stereocenters. The Kier molecular flexibility index (Phi) is 6.55. The van der Waals surface area contributed by atoms with Crippen molar-refractivity contribution >= 4 is 23.0 Å². The van der Waals surface area contributed by atoms with Gasteiger partial charge in [0.15, 0.2) is 5.96 Å². The molecular formula is C20H29N5OS. The normalized spacial score (nSPS) is 17.3. The van der Waals surface area contributed by atoms with Gasteiger partial charge in [-0.25, -0.2) is 4.98 Å². The third kappa shape index (κ3) is 4.91. The molecule has 1 aliphatic heterocycles. The van der Waals surface area contributed by atoms with Gasteiger partial charge in [0.2, 0.25) is 0 Å². The Hall–Kier alpha value is -2.28. The van der Waals surface area contributed by atoms with E-state index in [1.54, 1.807) is 18.4 Å². The van der Waals surface area contributed by atoms with E-state index in [0.717, 1.165) is 60.6 Å². The van der Waals surface area contributed by atoms with E-state index in [-0.39, 0.29) is 0 Å². The number of thiazole rings is 1. The van der Waals surface area contributed by atoms with E-state index in [1.807, 2.05) is 19.2 Å². The smallest absolute Gasteiger partial charge is 0.191 e. The van der Waals surface area contributed by atoms with E-state index in [9.17, 15) is 0 Å². The van der Waals surface area contributed by atoms with Crippen molar-refractivity contribution in [2.24, 2.45) is 4.99 Å². The summed E-state index contributed by atoms with van der Waals surface area (Å²) in [6, 6.07) is 8.57. The molecule has 0 radical (unpaired) electrons. The van der Waals surface area contributed by atoms with Crippen LogP contribution in [-0.4, -0.2) is 50.8 Å². The number of rotatable bonds is 6. The lowest BCUT2D eigenvalue weighted by Crippen LogP contribution is -2.45. The second-order valence-corrected chi connectivity index (χ2v) is 8.03. The van der Waals surface area contributed by atoms with Crippen LogP contribution in [0, 0.1) is 13.8 Å². The van der Waals surface area contributed by atoms with Gasteiger partial charge in [0.1, 0.15) is 5.75 Å². The highest BCUT2D eigenvalue weighted by molar-refractivity contribution is 7.11. The second kappa shape index (κ2) is 9.08.